The van der Waals surface area contributed by atoms with Gasteiger partial charge in [-0.05, 0) is 69.4 Å². The topological polar surface area (TPSA) is 108 Å². The molecule has 3 aliphatic rings. The Morgan fingerprint density at radius 2 is 1.75 bits per heavy atom. The zero-order valence-electron chi connectivity index (χ0n) is 25.7. The maximum Gasteiger partial charge on any atom is 0.246 e. The summed E-state index contributed by atoms with van der Waals surface area (Å²) in [7, 11) is 0. The molecule has 3 saturated heterocycles. The third kappa shape index (κ3) is 5.29. The maximum absolute atomic E-state index is 14.5. The molecule has 7 atom stereocenters. The Morgan fingerprint density at radius 3 is 2.30 bits per heavy atom. The van der Waals surface area contributed by atoms with E-state index in [4.69, 9.17) is 4.74 Å². The van der Waals surface area contributed by atoms with Crippen LogP contribution in [-0.4, -0.2) is 63.2 Å². The highest BCUT2D eigenvalue weighted by atomic mass is 16.5. The van der Waals surface area contributed by atoms with E-state index < -0.39 is 40.7 Å². The van der Waals surface area contributed by atoms with Crippen LogP contribution in [0.1, 0.15) is 81.6 Å². The number of nitrogens with zero attached hydrogens (tertiary/aromatic N) is 1. The fourth-order valence-electron chi connectivity index (χ4n) is 8.10. The molecule has 1 aromatic rings. The molecule has 0 saturated carbocycles. The second-order valence-electron chi connectivity index (χ2n) is 14.9. The number of rotatable bonds is 9. The number of aliphatic hydroxyl groups is 1. The molecule has 1 aromatic carbocycles. The van der Waals surface area contributed by atoms with Crippen LogP contribution in [0.3, 0.4) is 0 Å². The van der Waals surface area contributed by atoms with Crippen molar-refractivity contribution in [1.82, 2.24) is 10.2 Å². The molecule has 3 fully saturated rings. The zero-order chi connectivity index (χ0) is 29.8. The average molecular weight is 556 g/mol. The molecule has 8 nitrogen and oxygen atoms in total. The molecule has 4 rings (SSSR count). The Bertz CT molecular complexity index is 1130. The van der Waals surface area contributed by atoms with E-state index in [9.17, 15) is 19.5 Å². The molecule has 0 aromatic heterocycles. The standard InChI is InChI=1S/C32H49N3O5/c1-19(2)15-22(17-36)35-25(27(38)34-30(7,8)18-29(4,5)6)32-16-20(3)31(9,40-32)23(24(32)28(35)39)26(37)33-21-13-11-10-12-14-21/h10-14,19-20,22-25,36H,15-18H2,1-9H3,(H,33,37)(H,34,38)/t20?,22-,23+,24+,25?,31-,32?/m1/s1. The van der Waals surface area contributed by atoms with E-state index in [1.54, 1.807) is 4.90 Å². The molecule has 3 heterocycles. The molecule has 2 bridgehead atoms. The highest BCUT2D eigenvalue weighted by molar-refractivity contribution is 6.02. The van der Waals surface area contributed by atoms with Gasteiger partial charge in [0.15, 0.2) is 0 Å². The predicted octanol–water partition coefficient (Wildman–Crippen LogP) is 4.37. The van der Waals surface area contributed by atoms with Gasteiger partial charge in [0, 0.05) is 11.2 Å². The van der Waals surface area contributed by atoms with E-state index in [-0.39, 0.29) is 41.6 Å². The van der Waals surface area contributed by atoms with Crippen LogP contribution in [0.4, 0.5) is 5.69 Å². The van der Waals surface area contributed by atoms with Crippen LogP contribution in [0.25, 0.3) is 0 Å². The van der Waals surface area contributed by atoms with Crippen molar-refractivity contribution in [3.63, 3.8) is 0 Å². The fraction of sp³-hybridized carbons (Fsp3) is 0.719. The number of para-hydroxylation sites is 1. The summed E-state index contributed by atoms with van der Waals surface area (Å²) in [5, 5.41) is 16.7. The molecule has 3 amide bonds. The van der Waals surface area contributed by atoms with Crippen LogP contribution >= 0.6 is 0 Å². The highest BCUT2D eigenvalue weighted by Gasteiger charge is 2.80. The summed E-state index contributed by atoms with van der Waals surface area (Å²) in [4.78, 5) is 44.3. The van der Waals surface area contributed by atoms with Gasteiger partial charge in [0.05, 0.1) is 30.1 Å². The third-order valence-corrected chi connectivity index (χ3v) is 9.11. The van der Waals surface area contributed by atoms with Gasteiger partial charge in [0.1, 0.15) is 11.6 Å². The first-order chi connectivity index (χ1) is 18.5. The Hall–Kier alpha value is -2.45. The van der Waals surface area contributed by atoms with E-state index >= 15 is 0 Å². The van der Waals surface area contributed by atoms with Crippen molar-refractivity contribution in [3.8, 4) is 0 Å². The van der Waals surface area contributed by atoms with Crippen molar-refractivity contribution in [2.24, 2.45) is 29.1 Å². The third-order valence-electron chi connectivity index (χ3n) is 9.11. The zero-order valence-corrected chi connectivity index (χ0v) is 25.7. The number of nitrogens with one attached hydrogen (secondary N) is 2. The van der Waals surface area contributed by atoms with Crippen molar-refractivity contribution in [3.05, 3.63) is 30.3 Å². The summed E-state index contributed by atoms with van der Waals surface area (Å²) in [5.41, 5.74) is -1.98. The van der Waals surface area contributed by atoms with Gasteiger partial charge in [-0.3, -0.25) is 14.4 Å². The molecule has 0 radical (unpaired) electrons. The number of benzene rings is 1. The Kier molecular flexibility index (Phi) is 7.95. The van der Waals surface area contributed by atoms with Gasteiger partial charge in [-0.25, -0.2) is 0 Å². The fourth-order valence-corrected chi connectivity index (χ4v) is 8.10. The summed E-state index contributed by atoms with van der Waals surface area (Å²) < 4.78 is 6.84. The van der Waals surface area contributed by atoms with Gasteiger partial charge in [-0.15, -0.1) is 0 Å². The number of fused-ring (bicyclic) bond motifs is 1. The van der Waals surface area contributed by atoms with Crippen molar-refractivity contribution in [1.29, 1.82) is 0 Å². The molecule has 222 valence electrons. The highest BCUT2D eigenvalue weighted by Crippen LogP contribution is 2.65. The van der Waals surface area contributed by atoms with Crippen molar-refractivity contribution in [2.45, 2.75) is 110 Å². The van der Waals surface area contributed by atoms with Gasteiger partial charge in [-0.2, -0.15) is 0 Å². The molecule has 3 unspecified atom stereocenters. The molecule has 3 N–H and O–H groups in total. The number of carbonyl (C=O) groups is 3. The van der Waals surface area contributed by atoms with Gasteiger partial charge in [0.2, 0.25) is 17.7 Å². The number of hydrogen-bond donors (Lipinski definition) is 3. The number of hydrogen-bond acceptors (Lipinski definition) is 5. The van der Waals surface area contributed by atoms with Crippen LogP contribution < -0.4 is 10.6 Å². The number of ether oxygens (including phenoxy) is 1. The number of aliphatic hydroxyl groups excluding tert-OH is 1. The Balaban J connectivity index is 1.78. The molecular formula is C32H49N3O5. The van der Waals surface area contributed by atoms with Gasteiger partial charge in [0.25, 0.3) is 0 Å². The Morgan fingerprint density at radius 1 is 1.12 bits per heavy atom. The average Bonchev–Trinajstić information content (AvgIpc) is 3.32. The van der Waals surface area contributed by atoms with Crippen molar-refractivity contribution < 1.29 is 24.2 Å². The van der Waals surface area contributed by atoms with E-state index in [0.29, 0.717) is 18.5 Å². The van der Waals surface area contributed by atoms with Crippen LogP contribution in [-0.2, 0) is 19.1 Å². The van der Waals surface area contributed by atoms with E-state index in [2.05, 4.69) is 31.4 Å². The van der Waals surface area contributed by atoms with Gasteiger partial charge >= 0.3 is 0 Å². The summed E-state index contributed by atoms with van der Waals surface area (Å²) in [6, 6.07) is 7.69. The van der Waals surface area contributed by atoms with Gasteiger partial charge in [-0.1, -0.05) is 59.7 Å². The summed E-state index contributed by atoms with van der Waals surface area (Å²) in [5.74, 6) is -2.30. The normalized spacial score (nSPS) is 32.4. The number of amides is 3. The largest absolute Gasteiger partial charge is 0.394 e. The quantitative estimate of drug-likeness (QED) is 0.419. The predicted molar refractivity (Wildman–Crippen MR) is 155 cm³/mol. The summed E-state index contributed by atoms with van der Waals surface area (Å²) in [6.07, 6.45) is 1.76. The number of likely N-dealkylation sites (tertiary alicyclic amines) is 1. The molecule has 1 spiro atoms. The lowest BCUT2D eigenvalue weighted by atomic mass is 9.62. The van der Waals surface area contributed by atoms with Crippen molar-refractivity contribution >= 4 is 23.4 Å². The molecule has 0 aliphatic carbocycles. The van der Waals surface area contributed by atoms with Crippen LogP contribution in [0.2, 0.25) is 0 Å². The number of anilines is 1. The minimum Gasteiger partial charge on any atom is -0.394 e. The lowest BCUT2D eigenvalue weighted by molar-refractivity contribution is -0.151. The van der Waals surface area contributed by atoms with Crippen LogP contribution in [0.15, 0.2) is 30.3 Å². The second kappa shape index (κ2) is 10.4. The molecule has 3 aliphatic heterocycles. The van der Waals surface area contributed by atoms with Crippen LogP contribution in [0, 0.1) is 29.1 Å². The SMILES string of the molecule is CC(C)C[C@H](CO)N1C(=O)[C@@H]2[C@@H](C(=O)Nc3ccccc3)[C@]3(C)OC2(CC3C)C1C(=O)NC(C)(C)CC(C)(C)C. The number of carbonyl (C=O) groups excluding carboxylic acids is 3. The minimum absolute atomic E-state index is 0.0288. The first-order valence-corrected chi connectivity index (χ1v) is 14.8. The first-order valence-electron chi connectivity index (χ1n) is 14.8. The van der Waals surface area contributed by atoms with E-state index in [1.807, 2.05) is 71.9 Å². The summed E-state index contributed by atoms with van der Waals surface area (Å²) >= 11 is 0. The van der Waals surface area contributed by atoms with Crippen molar-refractivity contribution in [2.75, 3.05) is 11.9 Å². The summed E-state index contributed by atoms with van der Waals surface area (Å²) in [6.45, 7) is 18.1. The van der Waals surface area contributed by atoms with E-state index in [1.165, 1.54) is 0 Å². The maximum atomic E-state index is 14.5. The first kappa shape index (κ1) is 30.5. The van der Waals surface area contributed by atoms with Gasteiger partial charge < -0.3 is 25.4 Å². The minimum atomic E-state index is -1.16. The lowest BCUT2D eigenvalue weighted by Crippen LogP contribution is -2.61. The van der Waals surface area contributed by atoms with Crippen LogP contribution in [0.5, 0.6) is 0 Å². The van der Waals surface area contributed by atoms with E-state index in [0.717, 1.165) is 6.42 Å². The monoisotopic (exact) mass is 555 g/mol. The lowest BCUT2D eigenvalue weighted by Gasteiger charge is -2.40. The molecule has 40 heavy (non-hydrogen) atoms. The smallest absolute Gasteiger partial charge is 0.246 e. The second-order valence-corrected chi connectivity index (χ2v) is 14.9. The molecule has 8 heteroatoms. The Labute approximate surface area is 239 Å². The molecular weight excluding hydrogens is 506 g/mol.